The van der Waals surface area contributed by atoms with Gasteiger partial charge < -0.3 is 0 Å². The Morgan fingerprint density at radius 2 is 2.43 bits per heavy atom. The molecular weight excluding hydrogens is 220 g/mol. The molecule has 0 saturated heterocycles. The molecule has 1 atom stereocenters. The number of nitriles is 1. The molecule has 0 radical (unpaired) electrons. The Balaban J connectivity index is 2.53. The summed E-state index contributed by atoms with van der Waals surface area (Å²) >= 11 is 7.05. The maximum Gasteiger partial charge on any atom is 0.138 e. The van der Waals surface area contributed by atoms with Crippen molar-refractivity contribution in [1.29, 1.82) is 5.26 Å². The summed E-state index contributed by atoms with van der Waals surface area (Å²) in [5.41, 5.74) is 0.781. The molecule has 14 heavy (non-hydrogen) atoms. The van der Waals surface area contributed by atoms with Crippen molar-refractivity contribution in [3.63, 3.8) is 0 Å². The Kier molecular flexibility index (Phi) is 4.26. The monoisotopic (exact) mass is 230 g/mol. The van der Waals surface area contributed by atoms with Crippen LogP contribution >= 0.6 is 23.1 Å². The molecule has 0 aliphatic heterocycles. The number of rotatable bonds is 4. The van der Waals surface area contributed by atoms with Gasteiger partial charge in [-0.2, -0.15) is 5.26 Å². The molecule has 0 fully saturated rings. The van der Waals surface area contributed by atoms with Crippen LogP contribution in [0.2, 0.25) is 4.34 Å². The Bertz CT molecular complexity index is 332. The molecule has 0 amide bonds. The van der Waals surface area contributed by atoms with Crippen LogP contribution in [-0.4, -0.2) is 27.6 Å². The third kappa shape index (κ3) is 2.91. The summed E-state index contributed by atoms with van der Waals surface area (Å²) in [6, 6.07) is 2.34. The van der Waals surface area contributed by atoms with Crippen LogP contribution in [0, 0.1) is 11.3 Å². The second-order valence-corrected chi connectivity index (χ2v) is 4.48. The Hall–Kier alpha value is -0.700. The van der Waals surface area contributed by atoms with Crippen molar-refractivity contribution >= 4 is 23.1 Å². The van der Waals surface area contributed by atoms with Crippen molar-refractivity contribution in [2.75, 3.05) is 7.05 Å². The summed E-state index contributed by atoms with van der Waals surface area (Å²) < 4.78 is 4.37. The minimum atomic E-state index is 0.206. The zero-order valence-corrected chi connectivity index (χ0v) is 9.64. The molecule has 1 aromatic heterocycles. The van der Waals surface area contributed by atoms with E-state index in [9.17, 15) is 0 Å². The lowest BCUT2D eigenvalue weighted by Gasteiger charge is -2.21. The zero-order valence-electron chi connectivity index (χ0n) is 8.07. The molecule has 1 aromatic rings. The average molecular weight is 231 g/mol. The first-order valence-electron chi connectivity index (χ1n) is 4.19. The molecule has 0 N–H and O–H groups in total. The van der Waals surface area contributed by atoms with Crippen molar-refractivity contribution < 1.29 is 0 Å². The summed E-state index contributed by atoms with van der Waals surface area (Å²) in [6.45, 7) is 2.63. The second-order valence-electron chi connectivity index (χ2n) is 3.12. The van der Waals surface area contributed by atoms with Gasteiger partial charge >= 0.3 is 0 Å². The topological polar surface area (TPSA) is 52.8 Å². The van der Waals surface area contributed by atoms with Crippen molar-refractivity contribution in [2.45, 2.75) is 25.9 Å². The van der Waals surface area contributed by atoms with Crippen LogP contribution in [0.1, 0.15) is 19.0 Å². The highest BCUT2D eigenvalue weighted by molar-refractivity contribution is 7.10. The predicted octanol–water partition coefficient (Wildman–Crippen LogP) is 1.93. The maximum atomic E-state index is 8.54. The van der Waals surface area contributed by atoms with Crippen LogP contribution in [-0.2, 0) is 6.54 Å². The predicted molar refractivity (Wildman–Crippen MR) is 56.1 cm³/mol. The molecule has 1 heterocycles. The largest absolute Gasteiger partial charge is 0.297 e. The number of hydrogen-bond acceptors (Lipinski definition) is 5. The maximum absolute atomic E-state index is 8.54. The van der Waals surface area contributed by atoms with Gasteiger partial charge in [0, 0.05) is 24.1 Å². The lowest BCUT2D eigenvalue weighted by molar-refractivity contribution is 0.249. The zero-order chi connectivity index (χ0) is 10.6. The van der Waals surface area contributed by atoms with E-state index in [1.165, 1.54) is 11.5 Å². The number of halogens is 1. The lowest BCUT2D eigenvalue weighted by Crippen LogP contribution is -2.28. The number of nitrogens with zero attached hydrogens (tertiary/aromatic N) is 4. The summed E-state index contributed by atoms with van der Waals surface area (Å²) in [7, 11) is 1.94. The van der Waals surface area contributed by atoms with E-state index in [0.717, 1.165) is 5.69 Å². The molecule has 1 rings (SSSR count). The quantitative estimate of drug-likeness (QED) is 0.793. The highest BCUT2D eigenvalue weighted by atomic mass is 35.5. The van der Waals surface area contributed by atoms with Gasteiger partial charge in [-0.1, -0.05) is 16.1 Å². The molecule has 0 spiro atoms. The van der Waals surface area contributed by atoms with Crippen molar-refractivity contribution in [1.82, 2.24) is 14.5 Å². The normalized spacial score (nSPS) is 12.8. The van der Waals surface area contributed by atoms with E-state index >= 15 is 0 Å². The van der Waals surface area contributed by atoms with Crippen LogP contribution in [0.5, 0.6) is 0 Å². The van der Waals surface area contributed by atoms with Crippen molar-refractivity contribution in [2.24, 2.45) is 0 Å². The Morgan fingerprint density at radius 1 is 1.71 bits per heavy atom. The molecule has 0 bridgehead atoms. The minimum Gasteiger partial charge on any atom is -0.297 e. The molecule has 0 saturated carbocycles. The average Bonchev–Trinajstić information content (AvgIpc) is 2.52. The molecule has 0 aliphatic rings. The third-order valence-corrected chi connectivity index (χ3v) is 3.03. The van der Waals surface area contributed by atoms with E-state index in [2.05, 4.69) is 15.7 Å². The van der Waals surface area contributed by atoms with Gasteiger partial charge in [0.05, 0.1) is 12.5 Å². The van der Waals surface area contributed by atoms with Gasteiger partial charge in [0.25, 0.3) is 0 Å². The number of aromatic nitrogens is 2. The summed E-state index contributed by atoms with van der Waals surface area (Å²) in [5.74, 6) is 0. The van der Waals surface area contributed by atoms with E-state index in [1.54, 1.807) is 0 Å². The first kappa shape index (κ1) is 11.4. The molecule has 4 nitrogen and oxygen atoms in total. The van der Waals surface area contributed by atoms with E-state index < -0.39 is 0 Å². The van der Waals surface area contributed by atoms with E-state index in [1.807, 2.05) is 18.9 Å². The lowest BCUT2D eigenvalue weighted by atomic mass is 10.2. The van der Waals surface area contributed by atoms with Gasteiger partial charge in [-0.05, 0) is 14.0 Å². The van der Waals surface area contributed by atoms with Crippen LogP contribution in [0.25, 0.3) is 0 Å². The molecular formula is C8H11ClN4S. The second kappa shape index (κ2) is 5.25. The fourth-order valence-electron chi connectivity index (χ4n) is 0.971. The minimum absolute atomic E-state index is 0.206. The van der Waals surface area contributed by atoms with Crippen molar-refractivity contribution in [3.8, 4) is 6.07 Å². The summed E-state index contributed by atoms with van der Waals surface area (Å²) in [4.78, 5) is 2.03. The smallest absolute Gasteiger partial charge is 0.138 e. The van der Waals surface area contributed by atoms with E-state index in [-0.39, 0.29) is 6.04 Å². The SMILES string of the molecule is CC(CC#N)N(C)Cc1nnsc1Cl. The first-order valence-corrected chi connectivity index (χ1v) is 5.34. The van der Waals surface area contributed by atoms with Crippen LogP contribution in [0.4, 0.5) is 0 Å². The molecule has 0 aromatic carbocycles. The highest BCUT2D eigenvalue weighted by Gasteiger charge is 2.13. The number of hydrogen-bond donors (Lipinski definition) is 0. The fraction of sp³-hybridized carbons (Fsp3) is 0.625. The highest BCUT2D eigenvalue weighted by Crippen LogP contribution is 2.19. The van der Waals surface area contributed by atoms with Gasteiger partial charge in [0.15, 0.2) is 0 Å². The van der Waals surface area contributed by atoms with Gasteiger partial charge in [-0.25, -0.2) is 0 Å². The molecule has 76 valence electrons. The van der Waals surface area contributed by atoms with Gasteiger partial charge in [-0.3, -0.25) is 4.90 Å². The van der Waals surface area contributed by atoms with E-state index in [4.69, 9.17) is 16.9 Å². The summed E-state index contributed by atoms with van der Waals surface area (Å²) in [5, 5.41) is 12.4. The Labute approximate surface area is 92.3 Å². The van der Waals surface area contributed by atoms with Gasteiger partial charge in [-0.15, -0.1) is 5.10 Å². The first-order chi connectivity index (χ1) is 6.65. The standard InChI is InChI=1S/C8H11ClN4S/c1-6(3-4-10)13(2)5-7-8(9)14-12-11-7/h6H,3,5H2,1-2H3. The molecule has 1 unspecified atom stereocenters. The van der Waals surface area contributed by atoms with Crippen LogP contribution in [0.15, 0.2) is 0 Å². The van der Waals surface area contributed by atoms with E-state index in [0.29, 0.717) is 17.3 Å². The summed E-state index contributed by atoms with van der Waals surface area (Å²) in [6.07, 6.45) is 0.506. The van der Waals surface area contributed by atoms with Crippen LogP contribution < -0.4 is 0 Å². The van der Waals surface area contributed by atoms with Crippen LogP contribution in [0.3, 0.4) is 0 Å². The van der Waals surface area contributed by atoms with Crippen molar-refractivity contribution in [3.05, 3.63) is 10.0 Å². The Morgan fingerprint density at radius 3 is 2.93 bits per heavy atom. The van der Waals surface area contributed by atoms with Gasteiger partial charge in [0.2, 0.25) is 0 Å². The molecule has 0 aliphatic carbocycles. The molecule has 6 heteroatoms. The van der Waals surface area contributed by atoms with Gasteiger partial charge in [0.1, 0.15) is 10.0 Å². The fourth-order valence-corrected chi connectivity index (χ4v) is 1.58. The third-order valence-electron chi connectivity index (χ3n) is 2.05.